The fraction of sp³-hybridized carbons (Fsp3) is 0.857. The fourth-order valence-electron chi connectivity index (χ4n) is 6.27. The molecule has 2 aliphatic carbocycles. The molecule has 4 aliphatic rings. The number of fused-ring (bicyclic) bond motifs is 5. The molecule has 0 amide bonds. The quantitative estimate of drug-likeness (QED) is 0.520. The summed E-state index contributed by atoms with van der Waals surface area (Å²) in [6, 6.07) is 0. The van der Waals surface area contributed by atoms with Crippen LogP contribution in [0.15, 0.2) is 0 Å². The van der Waals surface area contributed by atoms with E-state index in [1.165, 1.54) is 26.4 Å². The van der Waals surface area contributed by atoms with E-state index in [-0.39, 0.29) is 35.6 Å². The fourth-order valence-corrected chi connectivity index (χ4v) is 6.27. The molecule has 2 saturated heterocycles. The molecule has 28 heavy (non-hydrogen) atoms. The lowest BCUT2D eigenvalue weighted by Crippen LogP contribution is -2.48. The second kappa shape index (κ2) is 7.32. The van der Waals surface area contributed by atoms with Gasteiger partial charge in [0.05, 0.1) is 25.4 Å². The third-order valence-corrected chi connectivity index (χ3v) is 7.35. The maximum absolute atomic E-state index is 12.6. The average molecular weight is 393 g/mol. The van der Waals surface area contributed by atoms with Crippen LogP contribution < -0.4 is 0 Å². The summed E-state index contributed by atoms with van der Waals surface area (Å²) < 4.78 is 16.5. The lowest BCUT2D eigenvalue weighted by atomic mass is 9.68. The zero-order chi connectivity index (χ0) is 20.1. The largest absolute Gasteiger partial charge is 0.469 e. The van der Waals surface area contributed by atoms with Crippen molar-refractivity contribution < 1.29 is 28.6 Å². The first-order valence-electron chi connectivity index (χ1n) is 10.6. The predicted octanol–water partition coefficient (Wildman–Crippen LogP) is 1.78. The summed E-state index contributed by atoms with van der Waals surface area (Å²) in [6.45, 7) is 6.59. The van der Waals surface area contributed by atoms with Crippen molar-refractivity contribution in [1.29, 1.82) is 0 Å². The zero-order valence-electron chi connectivity index (χ0n) is 17.0. The minimum absolute atomic E-state index is 0.0224. The smallest absolute Gasteiger partial charge is 0.312 e. The molecule has 7 nitrogen and oxygen atoms in total. The number of hydrogen-bond acceptors (Lipinski definition) is 7. The number of nitrogens with zero attached hydrogens (tertiary/aromatic N) is 1. The monoisotopic (exact) mass is 393 g/mol. The number of rotatable bonds is 5. The van der Waals surface area contributed by atoms with Crippen LogP contribution in [0.2, 0.25) is 0 Å². The molecule has 156 valence electrons. The van der Waals surface area contributed by atoms with Crippen molar-refractivity contribution in [3.63, 3.8) is 0 Å². The normalized spacial score (nSPS) is 38.8. The molecule has 2 bridgehead atoms. The Morgan fingerprint density at radius 3 is 2.57 bits per heavy atom. The van der Waals surface area contributed by atoms with Crippen LogP contribution in [0.1, 0.15) is 46.0 Å². The van der Waals surface area contributed by atoms with E-state index < -0.39 is 23.6 Å². The first-order chi connectivity index (χ1) is 13.3. The van der Waals surface area contributed by atoms with Crippen molar-refractivity contribution in [2.24, 2.45) is 29.6 Å². The number of hydrogen-bond donors (Lipinski definition) is 0. The standard InChI is InChI=1S/C21H31NO6/c1-21(2)17-13-11-12(15(17)20(25)28-21)16(19(24)26-3)18(13)27-14(23)7-10-22-8-5-4-6-9-22/h12-13,15-18H,4-11H2,1-3H3. The molecule has 4 fully saturated rings. The number of esters is 3. The van der Waals surface area contributed by atoms with Gasteiger partial charge in [0.15, 0.2) is 0 Å². The Kier molecular flexibility index (Phi) is 5.14. The first kappa shape index (κ1) is 19.7. The van der Waals surface area contributed by atoms with Gasteiger partial charge in [-0.15, -0.1) is 0 Å². The highest BCUT2D eigenvalue weighted by atomic mass is 16.6. The van der Waals surface area contributed by atoms with Gasteiger partial charge in [-0.2, -0.15) is 0 Å². The SMILES string of the molecule is COC(=O)C1C2CC(C1OC(=O)CCN1CCCCC1)C1C2C(=O)OC1(C)C. The van der Waals surface area contributed by atoms with Crippen molar-refractivity contribution in [3.8, 4) is 0 Å². The Balaban J connectivity index is 1.46. The Labute approximate surface area is 166 Å². The van der Waals surface area contributed by atoms with Crippen molar-refractivity contribution in [3.05, 3.63) is 0 Å². The van der Waals surface area contributed by atoms with Gasteiger partial charge in [0.2, 0.25) is 0 Å². The second-order valence-corrected chi connectivity index (χ2v) is 9.30. The van der Waals surface area contributed by atoms with E-state index >= 15 is 0 Å². The van der Waals surface area contributed by atoms with Crippen molar-refractivity contribution in [1.82, 2.24) is 4.90 Å². The van der Waals surface area contributed by atoms with Gasteiger partial charge >= 0.3 is 17.9 Å². The summed E-state index contributed by atoms with van der Waals surface area (Å²) in [5.74, 6) is -1.99. The third-order valence-electron chi connectivity index (χ3n) is 7.35. The minimum Gasteiger partial charge on any atom is -0.469 e. The Bertz CT molecular complexity index is 655. The molecule has 2 saturated carbocycles. The minimum atomic E-state index is -0.597. The lowest BCUT2D eigenvalue weighted by Gasteiger charge is -2.38. The summed E-state index contributed by atoms with van der Waals surface area (Å²) in [6.07, 6.45) is 4.12. The van der Waals surface area contributed by atoms with E-state index in [0.29, 0.717) is 19.4 Å². The molecule has 2 heterocycles. The zero-order valence-corrected chi connectivity index (χ0v) is 17.0. The average Bonchev–Trinajstić information content (AvgIpc) is 3.29. The van der Waals surface area contributed by atoms with Gasteiger partial charge in [0.1, 0.15) is 11.7 Å². The Hall–Kier alpha value is -1.63. The molecule has 0 spiro atoms. The van der Waals surface area contributed by atoms with Crippen molar-refractivity contribution in [2.45, 2.75) is 57.7 Å². The number of carbonyl (C=O) groups excluding carboxylic acids is 3. The van der Waals surface area contributed by atoms with Crippen LogP contribution >= 0.6 is 0 Å². The maximum Gasteiger partial charge on any atom is 0.312 e. The third kappa shape index (κ3) is 3.21. The number of carbonyl (C=O) groups is 3. The number of ether oxygens (including phenoxy) is 3. The molecule has 2 aliphatic heterocycles. The molecule has 7 heteroatoms. The number of methoxy groups -OCH3 is 1. The van der Waals surface area contributed by atoms with Crippen molar-refractivity contribution >= 4 is 17.9 Å². The van der Waals surface area contributed by atoms with Crippen LogP contribution in [0.3, 0.4) is 0 Å². The van der Waals surface area contributed by atoms with Gasteiger partial charge in [-0.1, -0.05) is 6.42 Å². The van der Waals surface area contributed by atoms with E-state index in [4.69, 9.17) is 14.2 Å². The van der Waals surface area contributed by atoms with Crippen molar-refractivity contribution in [2.75, 3.05) is 26.7 Å². The topological polar surface area (TPSA) is 82.1 Å². The number of piperidine rings is 1. The highest BCUT2D eigenvalue weighted by Gasteiger charge is 2.71. The van der Waals surface area contributed by atoms with Crippen LogP contribution in [-0.2, 0) is 28.6 Å². The van der Waals surface area contributed by atoms with Gasteiger partial charge in [-0.25, -0.2) is 0 Å². The number of likely N-dealkylation sites (tertiary alicyclic amines) is 1. The lowest BCUT2D eigenvalue weighted by molar-refractivity contribution is -0.168. The Morgan fingerprint density at radius 2 is 1.89 bits per heavy atom. The van der Waals surface area contributed by atoms with E-state index in [2.05, 4.69) is 4.90 Å². The van der Waals surface area contributed by atoms with Gasteiger partial charge in [0, 0.05) is 18.4 Å². The summed E-state index contributed by atoms with van der Waals surface area (Å²) in [5, 5.41) is 0. The molecule has 0 radical (unpaired) electrons. The van der Waals surface area contributed by atoms with E-state index in [1.807, 2.05) is 13.8 Å². The molecule has 4 rings (SSSR count). The first-order valence-corrected chi connectivity index (χ1v) is 10.6. The van der Waals surface area contributed by atoms with E-state index in [9.17, 15) is 14.4 Å². The van der Waals surface area contributed by atoms with Gasteiger partial charge < -0.3 is 19.1 Å². The molecule has 0 aromatic rings. The molecule has 0 aromatic heterocycles. The second-order valence-electron chi connectivity index (χ2n) is 9.30. The maximum atomic E-state index is 12.6. The van der Waals surface area contributed by atoms with Crippen LogP contribution in [-0.4, -0.2) is 61.3 Å². The molecule has 6 atom stereocenters. The van der Waals surface area contributed by atoms with Crippen LogP contribution in [0.25, 0.3) is 0 Å². The van der Waals surface area contributed by atoms with Crippen LogP contribution in [0, 0.1) is 29.6 Å². The van der Waals surface area contributed by atoms with Gasteiger partial charge in [-0.05, 0) is 52.1 Å². The summed E-state index contributed by atoms with van der Waals surface area (Å²) >= 11 is 0. The highest BCUT2D eigenvalue weighted by Crippen LogP contribution is 2.63. The Morgan fingerprint density at radius 1 is 1.18 bits per heavy atom. The number of cyclic esters (lactones) is 1. The molecule has 0 aromatic carbocycles. The van der Waals surface area contributed by atoms with E-state index in [0.717, 1.165) is 13.1 Å². The molecule has 0 N–H and O–H groups in total. The highest BCUT2D eigenvalue weighted by molar-refractivity contribution is 5.82. The molecular weight excluding hydrogens is 362 g/mol. The predicted molar refractivity (Wildman–Crippen MR) is 99.0 cm³/mol. The van der Waals surface area contributed by atoms with E-state index in [1.54, 1.807) is 0 Å². The molecular formula is C21H31NO6. The summed E-state index contributed by atoms with van der Waals surface area (Å²) in [4.78, 5) is 39.8. The van der Waals surface area contributed by atoms with Gasteiger partial charge in [-0.3, -0.25) is 14.4 Å². The van der Waals surface area contributed by atoms with Crippen LogP contribution in [0.4, 0.5) is 0 Å². The summed E-state index contributed by atoms with van der Waals surface area (Å²) in [5.41, 5.74) is -0.597. The van der Waals surface area contributed by atoms with Crippen LogP contribution in [0.5, 0.6) is 0 Å². The molecule has 6 unspecified atom stereocenters. The summed E-state index contributed by atoms with van der Waals surface area (Å²) in [7, 11) is 1.35. The van der Waals surface area contributed by atoms with Gasteiger partial charge in [0.25, 0.3) is 0 Å².